The highest BCUT2D eigenvalue weighted by atomic mass is 16.5. The summed E-state index contributed by atoms with van der Waals surface area (Å²) in [5, 5.41) is 9.00. The first-order chi connectivity index (χ1) is 19.1. The average molecular weight is 546 g/mol. The molecule has 2 saturated heterocycles. The van der Waals surface area contributed by atoms with Crippen LogP contribution in [-0.2, 0) is 30.3 Å². The number of allylic oxidation sites excluding steroid dienone is 1. The third-order valence-corrected chi connectivity index (χ3v) is 6.11. The van der Waals surface area contributed by atoms with Crippen molar-refractivity contribution in [2.24, 2.45) is 4.99 Å². The Labute approximate surface area is 228 Å². The van der Waals surface area contributed by atoms with E-state index >= 15 is 0 Å². The first kappa shape index (κ1) is 30.2. The summed E-state index contributed by atoms with van der Waals surface area (Å²) in [5.41, 5.74) is 0.502. The Bertz CT molecular complexity index is 1080. The molecule has 2 aromatic rings. The largest absolute Gasteiger partial charge is 0.461 e. The molecule has 5 heterocycles. The zero-order chi connectivity index (χ0) is 27.9. The maximum atomic E-state index is 11.6. The van der Waals surface area contributed by atoms with Crippen molar-refractivity contribution in [3.63, 3.8) is 0 Å². The molecule has 0 aromatic carbocycles. The minimum Gasteiger partial charge on any atom is -0.461 e. The second kappa shape index (κ2) is 16.6. The maximum Gasteiger partial charge on any atom is 0.374 e. The molecule has 0 aliphatic carbocycles. The number of hydrogen-bond acceptors (Lipinski definition) is 10. The van der Waals surface area contributed by atoms with Crippen LogP contribution in [0.5, 0.6) is 0 Å². The quantitative estimate of drug-likeness (QED) is 0.515. The van der Waals surface area contributed by atoms with Crippen LogP contribution in [-0.4, -0.2) is 68.3 Å². The van der Waals surface area contributed by atoms with Gasteiger partial charge in [0.1, 0.15) is 30.6 Å². The van der Waals surface area contributed by atoms with Gasteiger partial charge in [-0.1, -0.05) is 6.08 Å². The van der Waals surface area contributed by atoms with Crippen molar-refractivity contribution in [3.05, 3.63) is 48.7 Å². The van der Waals surface area contributed by atoms with Crippen LogP contribution in [0.1, 0.15) is 87.7 Å². The molecule has 0 bridgehead atoms. The van der Waals surface area contributed by atoms with Crippen LogP contribution in [0, 0.1) is 0 Å². The average Bonchev–Trinajstić information content (AvgIpc) is 3.77. The van der Waals surface area contributed by atoms with E-state index < -0.39 is 0 Å². The number of hydrogen-bond donors (Lipinski definition) is 1. The number of nitrogens with zero attached hydrogens (tertiary/aromatic N) is 5. The lowest BCUT2D eigenvalue weighted by Gasteiger charge is -2.24. The molecule has 1 N–H and O–H groups in total. The summed E-state index contributed by atoms with van der Waals surface area (Å²) >= 11 is 0. The van der Waals surface area contributed by atoms with Gasteiger partial charge in [0.25, 0.3) is 0 Å². The molecular formula is C27H39N5O7. The Morgan fingerprint density at radius 1 is 0.923 bits per heavy atom. The summed E-state index contributed by atoms with van der Waals surface area (Å²) in [7, 11) is 0. The predicted molar refractivity (Wildman–Crippen MR) is 142 cm³/mol. The van der Waals surface area contributed by atoms with Gasteiger partial charge in [-0.3, -0.25) is 9.56 Å². The van der Waals surface area contributed by atoms with E-state index in [4.69, 9.17) is 24.1 Å². The van der Waals surface area contributed by atoms with Gasteiger partial charge in [-0.15, -0.1) is 0 Å². The second-order valence-electron chi connectivity index (χ2n) is 8.82. The Hall–Kier alpha value is -3.35. The van der Waals surface area contributed by atoms with Gasteiger partial charge in [-0.05, 0) is 52.4 Å². The zero-order valence-electron chi connectivity index (χ0n) is 22.7. The molecule has 3 aliphatic rings. The van der Waals surface area contributed by atoms with Gasteiger partial charge in [0.2, 0.25) is 5.82 Å². The molecule has 0 radical (unpaired) electrons. The van der Waals surface area contributed by atoms with Crippen LogP contribution < -0.4 is 0 Å². The Morgan fingerprint density at radius 2 is 1.54 bits per heavy atom. The van der Waals surface area contributed by atoms with Gasteiger partial charge in [0, 0.05) is 50.6 Å². The normalized spacial score (nSPS) is 20.1. The number of carbonyl (C=O) groups excluding carboxylic acids is 2. The fourth-order valence-corrected chi connectivity index (χ4v) is 4.22. The standard InChI is InChI=1S/C11H16N2O3.C9H14N2O2.C7H9NO2/c1-2-15-11(14)10-12-6-7-13(10)9-5-3-4-8-16-9;12-7-8-10-4-5-11(8)9-3-1-2-6-13-9;1-2-10-7(9)6-4-3-5-8-6/h6-7,9H,2-5,8H2,1H3;4-5,9,12H,1-3,6-7H2;3,5H,2,4H2,1H3. The lowest BCUT2D eigenvalue weighted by Crippen LogP contribution is -2.22. The van der Waals surface area contributed by atoms with Gasteiger partial charge < -0.3 is 28.6 Å². The van der Waals surface area contributed by atoms with E-state index in [2.05, 4.69) is 15.0 Å². The molecular weight excluding hydrogens is 506 g/mol. The van der Waals surface area contributed by atoms with Crippen molar-refractivity contribution in [2.45, 2.75) is 77.9 Å². The summed E-state index contributed by atoms with van der Waals surface area (Å²) in [6, 6.07) is 0. The number of esters is 2. The van der Waals surface area contributed by atoms with Crippen molar-refractivity contribution < 1.29 is 33.6 Å². The van der Waals surface area contributed by atoms with Gasteiger partial charge in [-0.25, -0.2) is 19.6 Å². The molecule has 12 nitrogen and oxygen atoms in total. The highest BCUT2D eigenvalue weighted by Gasteiger charge is 2.22. The van der Waals surface area contributed by atoms with Gasteiger partial charge >= 0.3 is 11.9 Å². The Kier molecular flexibility index (Phi) is 12.8. The Balaban J connectivity index is 0.000000166. The van der Waals surface area contributed by atoms with Crippen LogP contribution in [0.25, 0.3) is 0 Å². The van der Waals surface area contributed by atoms with Gasteiger partial charge in [0.15, 0.2) is 0 Å². The number of aromatic nitrogens is 4. The number of aliphatic hydroxyl groups is 1. The van der Waals surface area contributed by atoms with E-state index in [1.54, 1.807) is 43.2 Å². The van der Waals surface area contributed by atoms with Crippen molar-refractivity contribution >= 4 is 17.7 Å². The minimum atomic E-state index is -0.387. The maximum absolute atomic E-state index is 11.6. The molecule has 0 saturated carbocycles. The van der Waals surface area contributed by atoms with Crippen molar-refractivity contribution in [3.8, 4) is 0 Å². The first-order valence-corrected chi connectivity index (χ1v) is 13.5. The molecule has 2 atom stereocenters. The molecule has 39 heavy (non-hydrogen) atoms. The predicted octanol–water partition coefficient (Wildman–Crippen LogP) is 3.74. The van der Waals surface area contributed by atoms with Crippen molar-refractivity contribution in [1.82, 2.24) is 19.1 Å². The van der Waals surface area contributed by atoms with Crippen LogP contribution in [0.4, 0.5) is 0 Å². The van der Waals surface area contributed by atoms with Crippen LogP contribution in [0.2, 0.25) is 0 Å². The van der Waals surface area contributed by atoms with E-state index in [1.165, 1.54) is 6.42 Å². The summed E-state index contributed by atoms with van der Waals surface area (Å²) in [4.78, 5) is 34.3. The first-order valence-electron chi connectivity index (χ1n) is 13.5. The molecule has 5 rings (SSSR count). The smallest absolute Gasteiger partial charge is 0.374 e. The highest BCUT2D eigenvalue weighted by molar-refractivity contribution is 6.37. The number of rotatable bonds is 7. The SMILES string of the molecule is CCOC(=O)C1=NC=CC1.CCOC(=O)c1nccn1C1CCCCO1.OCc1nccn1C1CCCCO1. The van der Waals surface area contributed by atoms with Crippen molar-refractivity contribution in [2.75, 3.05) is 26.4 Å². The second-order valence-corrected chi connectivity index (χ2v) is 8.82. The summed E-state index contributed by atoms with van der Waals surface area (Å²) in [6.07, 6.45) is 17.5. The molecule has 2 unspecified atom stereocenters. The molecule has 214 valence electrons. The molecule has 2 fully saturated rings. The minimum absolute atomic E-state index is 0.0210. The van der Waals surface area contributed by atoms with E-state index in [9.17, 15) is 9.59 Å². The third-order valence-electron chi connectivity index (χ3n) is 6.11. The van der Waals surface area contributed by atoms with E-state index in [0.29, 0.717) is 37.0 Å². The molecule has 12 heteroatoms. The topological polar surface area (TPSA) is 139 Å². The number of ether oxygens (including phenoxy) is 4. The van der Waals surface area contributed by atoms with Crippen LogP contribution >= 0.6 is 0 Å². The fraction of sp³-hybridized carbons (Fsp3) is 0.593. The Morgan fingerprint density at radius 3 is 2.10 bits per heavy atom. The van der Waals surface area contributed by atoms with Gasteiger partial charge in [-0.2, -0.15) is 0 Å². The highest BCUT2D eigenvalue weighted by Crippen LogP contribution is 2.24. The fourth-order valence-electron chi connectivity index (χ4n) is 4.22. The van der Waals surface area contributed by atoms with E-state index in [-0.39, 0.29) is 31.0 Å². The molecule has 2 aromatic heterocycles. The molecule has 3 aliphatic heterocycles. The molecule has 0 amide bonds. The number of carbonyl (C=O) groups is 2. The van der Waals surface area contributed by atoms with Crippen LogP contribution in [0.15, 0.2) is 42.1 Å². The number of imidazole rings is 2. The number of aliphatic hydroxyl groups excluding tert-OH is 1. The summed E-state index contributed by atoms with van der Waals surface area (Å²) in [5.74, 6) is 0.329. The summed E-state index contributed by atoms with van der Waals surface area (Å²) < 4.78 is 24.5. The number of aliphatic imine (C=N–C) groups is 1. The lowest BCUT2D eigenvalue weighted by molar-refractivity contribution is -0.135. The van der Waals surface area contributed by atoms with Crippen LogP contribution in [0.3, 0.4) is 0 Å². The van der Waals surface area contributed by atoms with Gasteiger partial charge in [0.05, 0.1) is 13.2 Å². The van der Waals surface area contributed by atoms with E-state index in [0.717, 1.165) is 45.3 Å². The lowest BCUT2D eigenvalue weighted by atomic mass is 10.2. The summed E-state index contributed by atoms with van der Waals surface area (Å²) in [6.45, 7) is 5.86. The van der Waals surface area contributed by atoms with Crippen molar-refractivity contribution in [1.29, 1.82) is 0 Å². The molecule has 0 spiro atoms. The zero-order valence-corrected chi connectivity index (χ0v) is 22.7. The monoisotopic (exact) mass is 545 g/mol. The van der Waals surface area contributed by atoms with E-state index in [1.807, 2.05) is 16.8 Å². The third kappa shape index (κ3) is 9.12.